The van der Waals surface area contributed by atoms with Crippen molar-refractivity contribution in [3.05, 3.63) is 102 Å². The number of fused-ring (bicyclic) bond motifs is 18. The van der Waals surface area contributed by atoms with E-state index in [1.807, 2.05) is 18.2 Å². The molecule has 0 fully saturated rings. The summed E-state index contributed by atoms with van der Waals surface area (Å²) in [6.45, 7) is 4.68. The van der Waals surface area contributed by atoms with E-state index in [-0.39, 0.29) is 5.41 Å². The van der Waals surface area contributed by atoms with E-state index in [4.69, 9.17) is 14.4 Å². The minimum Gasteiger partial charge on any atom is -0.456 e. The lowest BCUT2D eigenvalue weighted by Crippen LogP contribution is -2.16. The summed E-state index contributed by atoms with van der Waals surface area (Å²) in [5.41, 5.74) is 14.6. The Bertz CT molecular complexity index is 2780. The molecule has 11 rings (SSSR count). The van der Waals surface area contributed by atoms with Gasteiger partial charge in [0, 0.05) is 10.8 Å². The second-order valence-corrected chi connectivity index (χ2v) is 11.9. The zero-order chi connectivity index (χ0) is 26.8. The van der Waals surface area contributed by atoms with Gasteiger partial charge in [-0.3, -0.25) is 8.80 Å². The fraction of sp³-hybridized carbons (Fsp3) is 0.0857. The summed E-state index contributed by atoms with van der Waals surface area (Å²) in [4.78, 5) is 10.5. The van der Waals surface area contributed by atoms with E-state index >= 15 is 0 Å². The summed E-state index contributed by atoms with van der Waals surface area (Å²) >= 11 is 0. The zero-order valence-electron chi connectivity index (χ0n) is 22.3. The van der Waals surface area contributed by atoms with Gasteiger partial charge >= 0.3 is 0 Å². The number of hydrogen-bond donors (Lipinski definition) is 0. The van der Waals surface area contributed by atoms with Crippen molar-refractivity contribution in [3.8, 4) is 11.1 Å². The molecule has 10 aromatic rings. The first-order chi connectivity index (χ1) is 20.1. The lowest BCUT2D eigenvalue weighted by atomic mass is 9.82. The molecule has 1 aliphatic carbocycles. The Morgan fingerprint density at radius 1 is 0.585 bits per heavy atom. The molecule has 0 amide bonds. The van der Waals surface area contributed by atoms with E-state index in [1.165, 1.54) is 27.8 Å². The highest BCUT2D eigenvalue weighted by Gasteiger charge is 2.38. The van der Waals surface area contributed by atoms with Crippen LogP contribution in [0, 0.1) is 0 Å². The van der Waals surface area contributed by atoms with Gasteiger partial charge in [-0.2, -0.15) is 0 Å². The number of para-hydroxylation sites is 2. The Morgan fingerprint density at radius 3 is 2.15 bits per heavy atom. The molecule has 5 aromatic carbocycles. The van der Waals surface area contributed by atoms with Crippen LogP contribution in [0.4, 0.5) is 0 Å². The van der Waals surface area contributed by atoms with Crippen molar-refractivity contribution in [3.63, 3.8) is 0 Å². The molecule has 0 saturated heterocycles. The fourth-order valence-corrected chi connectivity index (χ4v) is 7.93. The van der Waals surface area contributed by atoms with Crippen molar-refractivity contribution in [1.29, 1.82) is 0 Å². The first-order valence-electron chi connectivity index (χ1n) is 14.0. The van der Waals surface area contributed by atoms with E-state index in [1.54, 1.807) is 0 Å². The van der Waals surface area contributed by atoms with Gasteiger partial charge in [0.15, 0.2) is 0 Å². The van der Waals surface area contributed by atoms with Crippen molar-refractivity contribution < 1.29 is 4.42 Å². The lowest BCUT2D eigenvalue weighted by Gasteiger charge is -2.22. The number of benzene rings is 5. The van der Waals surface area contributed by atoms with Gasteiger partial charge in [0.25, 0.3) is 0 Å². The molecule has 6 heteroatoms. The van der Waals surface area contributed by atoms with Crippen LogP contribution in [-0.4, -0.2) is 23.2 Å². The van der Waals surface area contributed by atoms with Crippen molar-refractivity contribution in [2.24, 2.45) is 0 Å². The largest absolute Gasteiger partial charge is 0.456 e. The number of furan rings is 1. The lowest BCUT2D eigenvalue weighted by molar-refractivity contribution is 0.664. The first kappa shape index (κ1) is 20.5. The number of imidazole rings is 4. The summed E-state index contributed by atoms with van der Waals surface area (Å²) in [5, 5.41) is 2.20. The van der Waals surface area contributed by atoms with Crippen LogP contribution in [0.1, 0.15) is 25.0 Å². The predicted molar refractivity (Wildman–Crippen MR) is 163 cm³/mol. The van der Waals surface area contributed by atoms with Crippen LogP contribution in [0.2, 0.25) is 0 Å². The van der Waals surface area contributed by atoms with Crippen molar-refractivity contribution in [2.75, 3.05) is 0 Å². The Kier molecular flexibility index (Phi) is 3.17. The minimum absolute atomic E-state index is 0.140. The molecule has 0 bridgehead atoms. The van der Waals surface area contributed by atoms with Crippen LogP contribution in [-0.2, 0) is 5.41 Å². The van der Waals surface area contributed by atoms with E-state index < -0.39 is 0 Å². The van der Waals surface area contributed by atoms with Gasteiger partial charge in [-0.15, -0.1) is 0 Å². The summed E-state index contributed by atoms with van der Waals surface area (Å²) in [5.74, 6) is 1.76. The van der Waals surface area contributed by atoms with Gasteiger partial charge in [-0.05, 0) is 58.7 Å². The van der Waals surface area contributed by atoms with Gasteiger partial charge in [0.1, 0.15) is 16.7 Å². The SMILES string of the molecule is CC1(C)c2ccccc2-c2ccc3nc4n(c5cccc6c5n4c4nc5ccc7oc8ccccc8c7c5n64)c3c21. The third kappa shape index (κ3) is 2.10. The summed E-state index contributed by atoms with van der Waals surface area (Å²) < 4.78 is 13.2. The maximum atomic E-state index is 6.26. The van der Waals surface area contributed by atoms with E-state index in [2.05, 4.69) is 99.8 Å². The zero-order valence-corrected chi connectivity index (χ0v) is 22.3. The molecule has 0 aliphatic heterocycles. The second kappa shape index (κ2) is 6.34. The molecule has 1 aliphatic rings. The predicted octanol–water partition coefficient (Wildman–Crippen LogP) is 8.34. The minimum atomic E-state index is -0.140. The molecule has 192 valence electrons. The van der Waals surface area contributed by atoms with Crippen LogP contribution in [0.25, 0.3) is 83.2 Å². The Labute approximate surface area is 232 Å². The van der Waals surface area contributed by atoms with Crippen LogP contribution in [0.3, 0.4) is 0 Å². The molecule has 0 saturated carbocycles. The summed E-state index contributed by atoms with van der Waals surface area (Å²) in [6, 6.07) is 32.2. The van der Waals surface area contributed by atoms with Gasteiger partial charge in [0.05, 0.1) is 38.5 Å². The highest BCUT2D eigenvalue weighted by atomic mass is 16.3. The van der Waals surface area contributed by atoms with Crippen LogP contribution >= 0.6 is 0 Å². The molecule has 0 spiro atoms. The monoisotopic (exact) mass is 527 g/mol. The number of nitrogens with zero attached hydrogens (tertiary/aromatic N) is 5. The van der Waals surface area contributed by atoms with E-state index in [0.29, 0.717) is 0 Å². The topological polar surface area (TPSA) is 52.2 Å². The quantitative estimate of drug-likeness (QED) is 0.199. The van der Waals surface area contributed by atoms with Gasteiger partial charge in [0.2, 0.25) is 11.6 Å². The highest BCUT2D eigenvalue weighted by Crippen LogP contribution is 2.52. The second-order valence-electron chi connectivity index (χ2n) is 11.9. The average molecular weight is 528 g/mol. The van der Waals surface area contributed by atoms with E-state index in [0.717, 1.165) is 66.6 Å². The van der Waals surface area contributed by atoms with Crippen LogP contribution in [0.15, 0.2) is 95.4 Å². The van der Waals surface area contributed by atoms with Gasteiger partial charge in [-0.1, -0.05) is 68.4 Å². The smallest absolute Gasteiger partial charge is 0.223 e. The maximum absolute atomic E-state index is 6.26. The molecular formula is C35H21N5O. The summed E-state index contributed by atoms with van der Waals surface area (Å²) in [7, 11) is 0. The molecule has 0 atom stereocenters. The van der Waals surface area contributed by atoms with Crippen molar-refractivity contribution in [1.82, 2.24) is 23.2 Å². The first-order valence-corrected chi connectivity index (χ1v) is 14.0. The normalized spacial score (nSPS) is 14.8. The standard InChI is InChI=1S/C35H21N5O/c1-35(2)21-10-5-3-8-18(21)19-14-15-23-31(29(19)35)39-25-12-7-11-24-32(25)40(34(39)37-23)33-36-22-16-17-27-28(30(22)38(24)33)20-9-4-6-13-26(20)41-27/h3-17H,1-2H3. The van der Waals surface area contributed by atoms with Crippen LogP contribution in [0.5, 0.6) is 0 Å². The van der Waals surface area contributed by atoms with Crippen molar-refractivity contribution >= 4 is 72.1 Å². The molecule has 0 unspecified atom stereocenters. The van der Waals surface area contributed by atoms with Crippen molar-refractivity contribution in [2.45, 2.75) is 19.3 Å². The summed E-state index contributed by atoms with van der Waals surface area (Å²) in [6.07, 6.45) is 0. The molecule has 6 nitrogen and oxygen atoms in total. The molecular weight excluding hydrogens is 506 g/mol. The Balaban J connectivity index is 1.37. The third-order valence-electron chi connectivity index (χ3n) is 9.55. The Hall–Kier alpha value is -5.36. The molecule has 0 N–H and O–H groups in total. The third-order valence-corrected chi connectivity index (χ3v) is 9.55. The maximum Gasteiger partial charge on any atom is 0.223 e. The van der Waals surface area contributed by atoms with Gasteiger partial charge in [-0.25, -0.2) is 14.4 Å². The molecule has 41 heavy (non-hydrogen) atoms. The number of hydrogen-bond acceptors (Lipinski definition) is 3. The van der Waals surface area contributed by atoms with Crippen LogP contribution < -0.4 is 0 Å². The van der Waals surface area contributed by atoms with E-state index in [9.17, 15) is 0 Å². The highest BCUT2D eigenvalue weighted by molar-refractivity contribution is 6.19. The molecule has 5 aromatic heterocycles. The Morgan fingerprint density at radius 2 is 1.29 bits per heavy atom. The molecule has 0 radical (unpaired) electrons. The molecule has 5 heterocycles. The average Bonchev–Trinajstić information content (AvgIpc) is 3.79. The van der Waals surface area contributed by atoms with Gasteiger partial charge < -0.3 is 4.42 Å². The number of rotatable bonds is 0. The fourth-order valence-electron chi connectivity index (χ4n) is 7.93. The number of aromatic nitrogens is 5.